The van der Waals surface area contributed by atoms with E-state index >= 15 is 0 Å². The van der Waals surface area contributed by atoms with Crippen molar-refractivity contribution in [1.29, 1.82) is 0 Å². The third kappa shape index (κ3) is 6.40. The number of benzene rings is 1. The number of ether oxygens (including phenoxy) is 2. The smallest absolute Gasteiger partial charge is 0.118 e. The van der Waals surface area contributed by atoms with Crippen LogP contribution >= 0.6 is 0 Å². The van der Waals surface area contributed by atoms with Gasteiger partial charge in [-0.15, -0.1) is 0 Å². The van der Waals surface area contributed by atoms with Crippen LogP contribution in [0.5, 0.6) is 5.75 Å². The molecule has 0 aliphatic heterocycles. The van der Waals surface area contributed by atoms with Crippen LogP contribution in [0.1, 0.15) is 45.8 Å². The minimum absolute atomic E-state index is 0.0991. The summed E-state index contributed by atoms with van der Waals surface area (Å²) >= 11 is 0. The van der Waals surface area contributed by atoms with E-state index in [4.69, 9.17) is 9.47 Å². The van der Waals surface area contributed by atoms with Gasteiger partial charge in [0, 0.05) is 19.2 Å². The number of methoxy groups -OCH3 is 1. The summed E-state index contributed by atoms with van der Waals surface area (Å²) in [5.74, 6) is 1.55. The molecule has 0 saturated carbocycles. The van der Waals surface area contributed by atoms with E-state index in [0.29, 0.717) is 12.0 Å². The van der Waals surface area contributed by atoms with Crippen molar-refractivity contribution >= 4 is 0 Å². The van der Waals surface area contributed by atoms with Gasteiger partial charge in [-0.3, -0.25) is 0 Å². The van der Waals surface area contributed by atoms with Crippen molar-refractivity contribution in [3.63, 3.8) is 0 Å². The first kappa shape index (κ1) is 17.0. The summed E-state index contributed by atoms with van der Waals surface area (Å²) in [4.78, 5) is 0. The number of hydrogen-bond donors (Lipinski definition) is 1. The lowest BCUT2D eigenvalue weighted by molar-refractivity contribution is 0.0445. The van der Waals surface area contributed by atoms with E-state index in [9.17, 15) is 0 Å². The number of nitrogens with one attached hydrogen (secondary N) is 1. The highest BCUT2D eigenvalue weighted by Crippen LogP contribution is 2.21. The summed E-state index contributed by atoms with van der Waals surface area (Å²) in [5, 5.41) is 3.45. The van der Waals surface area contributed by atoms with E-state index in [2.05, 4.69) is 45.1 Å². The van der Waals surface area contributed by atoms with Gasteiger partial charge in [0.2, 0.25) is 0 Å². The van der Waals surface area contributed by atoms with Crippen LogP contribution in [0.2, 0.25) is 0 Å². The van der Waals surface area contributed by atoms with E-state index in [0.717, 1.165) is 25.3 Å². The maximum absolute atomic E-state index is 6.06. The average molecular weight is 279 g/mol. The van der Waals surface area contributed by atoms with Crippen LogP contribution < -0.4 is 10.1 Å². The van der Waals surface area contributed by atoms with Crippen LogP contribution in [0, 0.1) is 5.92 Å². The predicted molar refractivity (Wildman–Crippen MR) is 84.3 cm³/mol. The van der Waals surface area contributed by atoms with Gasteiger partial charge in [-0.25, -0.2) is 0 Å². The van der Waals surface area contributed by atoms with Crippen molar-refractivity contribution in [2.75, 3.05) is 20.3 Å². The van der Waals surface area contributed by atoms with Crippen molar-refractivity contribution in [2.24, 2.45) is 5.92 Å². The van der Waals surface area contributed by atoms with E-state index in [1.807, 2.05) is 12.1 Å². The molecule has 3 heteroatoms. The number of rotatable bonds is 9. The van der Waals surface area contributed by atoms with Crippen LogP contribution in [-0.4, -0.2) is 26.3 Å². The van der Waals surface area contributed by atoms with E-state index in [1.54, 1.807) is 7.11 Å². The van der Waals surface area contributed by atoms with E-state index < -0.39 is 0 Å². The van der Waals surface area contributed by atoms with Gasteiger partial charge in [0.25, 0.3) is 0 Å². The first-order valence-electron chi connectivity index (χ1n) is 7.51. The molecule has 20 heavy (non-hydrogen) atoms. The fourth-order valence-electron chi connectivity index (χ4n) is 1.88. The first-order valence-corrected chi connectivity index (χ1v) is 7.51. The lowest BCUT2D eigenvalue weighted by Crippen LogP contribution is -2.29. The van der Waals surface area contributed by atoms with Crippen LogP contribution in [0.3, 0.4) is 0 Å². The van der Waals surface area contributed by atoms with Crippen LogP contribution in [0.25, 0.3) is 0 Å². The van der Waals surface area contributed by atoms with Gasteiger partial charge in [-0.05, 0) is 30.0 Å². The molecule has 1 aromatic carbocycles. The topological polar surface area (TPSA) is 30.5 Å². The Balaban J connectivity index is 2.63. The summed E-state index contributed by atoms with van der Waals surface area (Å²) in [5.41, 5.74) is 1.20. The molecule has 0 aliphatic carbocycles. The van der Waals surface area contributed by atoms with Crippen molar-refractivity contribution in [2.45, 2.75) is 46.3 Å². The maximum Gasteiger partial charge on any atom is 0.118 e. The molecule has 1 rings (SSSR count). The molecule has 0 spiro atoms. The molecule has 0 bridgehead atoms. The van der Waals surface area contributed by atoms with Gasteiger partial charge >= 0.3 is 0 Å². The second-order valence-corrected chi connectivity index (χ2v) is 5.88. The highest BCUT2D eigenvalue weighted by Gasteiger charge is 2.13. The molecular weight excluding hydrogens is 250 g/mol. The van der Waals surface area contributed by atoms with Crippen molar-refractivity contribution in [3.8, 4) is 5.75 Å². The van der Waals surface area contributed by atoms with Crippen LogP contribution in [0.4, 0.5) is 0 Å². The monoisotopic (exact) mass is 279 g/mol. The third-order valence-corrected chi connectivity index (χ3v) is 3.21. The molecule has 0 aromatic heterocycles. The molecule has 1 unspecified atom stereocenters. The summed E-state index contributed by atoms with van der Waals surface area (Å²) in [6.07, 6.45) is 1.19. The molecular formula is C17H29NO2. The molecule has 1 atom stereocenters. The molecule has 1 aromatic rings. The van der Waals surface area contributed by atoms with Gasteiger partial charge in [0.05, 0.1) is 13.2 Å². The second kappa shape index (κ2) is 8.98. The van der Waals surface area contributed by atoms with Crippen molar-refractivity contribution in [3.05, 3.63) is 29.8 Å². The molecule has 3 nitrogen and oxygen atoms in total. The normalized spacial score (nSPS) is 12.9. The zero-order chi connectivity index (χ0) is 15.0. The zero-order valence-electron chi connectivity index (χ0n) is 13.5. The van der Waals surface area contributed by atoms with E-state index in [1.165, 1.54) is 5.56 Å². The zero-order valence-corrected chi connectivity index (χ0v) is 13.5. The lowest BCUT2D eigenvalue weighted by Gasteiger charge is -2.21. The quantitative estimate of drug-likeness (QED) is 0.746. The summed E-state index contributed by atoms with van der Waals surface area (Å²) in [6, 6.07) is 8.61. The van der Waals surface area contributed by atoms with Crippen molar-refractivity contribution in [1.82, 2.24) is 5.32 Å². The van der Waals surface area contributed by atoms with Crippen molar-refractivity contribution < 1.29 is 9.47 Å². The van der Waals surface area contributed by atoms with Gasteiger partial charge in [0.15, 0.2) is 0 Å². The molecule has 0 radical (unpaired) electrons. The lowest BCUT2D eigenvalue weighted by atomic mass is 10.1. The highest BCUT2D eigenvalue weighted by molar-refractivity contribution is 5.28. The van der Waals surface area contributed by atoms with E-state index in [-0.39, 0.29) is 6.10 Å². The summed E-state index contributed by atoms with van der Waals surface area (Å²) in [7, 11) is 1.69. The Hall–Kier alpha value is -1.06. The van der Waals surface area contributed by atoms with Gasteiger partial charge < -0.3 is 14.8 Å². The Morgan fingerprint density at radius 1 is 1.05 bits per heavy atom. The summed E-state index contributed by atoms with van der Waals surface area (Å²) in [6.45, 7) is 10.4. The third-order valence-electron chi connectivity index (χ3n) is 3.21. The molecule has 0 amide bonds. The Morgan fingerprint density at radius 2 is 1.70 bits per heavy atom. The summed E-state index contributed by atoms with van der Waals surface area (Å²) < 4.78 is 11.3. The Kier molecular flexibility index (Phi) is 7.63. The van der Waals surface area contributed by atoms with Crippen LogP contribution in [-0.2, 0) is 4.74 Å². The number of hydrogen-bond acceptors (Lipinski definition) is 3. The Morgan fingerprint density at radius 3 is 2.20 bits per heavy atom. The average Bonchev–Trinajstić information content (AvgIpc) is 2.42. The van der Waals surface area contributed by atoms with Crippen LogP contribution in [0.15, 0.2) is 24.3 Å². The fraction of sp³-hybridized carbons (Fsp3) is 0.647. The second-order valence-electron chi connectivity index (χ2n) is 5.88. The van der Waals surface area contributed by atoms with Gasteiger partial charge in [-0.2, -0.15) is 0 Å². The Labute approximate surface area is 123 Å². The minimum Gasteiger partial charge on any atom is -0.497 e. The predicted octanol–water partition coefficient (Wildman–Crippen LogP) is 3.80. The Bertz CT molecular complexity index is 360. The highest BCUT2D eigenvalue weighted by atomic mass is 16.5. The maximum atomic E-state index is 6.06. The molecule has 1 N–H and O–H groups in total. The molecule has 0 heterocycles. The van der Waals surface area contributed by atoms with Gasteiger partial charge in [0.1, 0.15) is 5.75 Å². The first-order chi connectivity index (χ1) is 9.52. The molecule has 0 aliphatic rings. The SMILES string of the molecule is COc1ccc(C(CNC(C)C)OCCC(C)C)cc1. The largest absolute Gasteiger partial charge is 0.497 e. The molecule has 114 valence electrons. The van der Waals surface area contributed by atoms with Gasteiger partial charge in [-0.1, -0.05) is 39.8 Å². The molecule has 0 saturated heterocycles. The minimum atomic E-state index is 0.0991. The standard InChI is InChI=1S/C17H29NO2/c1-13(2)10-11-20-17(12-18-14(3)4)15-6-8-16(19-5)9-7-15/h6-9,13-14,17-18H,10-12H2,1-5H3. The molecule has 0 fully saturated rings. The fourth-order valence-corrected chi connectivity index (χ4v) is 1.88.